The molecule has 0 saturated heterocycles. The molecule has 0 aliphatic carbocycles. The second kappa shape index (κ2) is 6.88. The Kier molecular flexibility index (Phi) is 4.93. The molecule has 21 heavy (non-hydrogen) atoms. The van der Waals surface area contributed by atoms with Crippen LogP contribution >= 0.6 is 0 Å². The number of rotatable bonds is 5. The van der Waals surface area contributed by atoms with Crippen LogP contribution in [0.15, 0.2) is 48.5 Å². The molecule has 0 spiro atoms. The molecule has 0 radical (unpaired) electrons. The Balaban J connectivity index is 1.83. The van der Waals surface area contributed by atoms with Gasteiger partial charge in [-0.3, -0.25) is 4.79 Å². The van der Waals surface area contributed by atoms with E-state index in [4.69, 9.17) is 4.74 Å². The zero-order chi connectivity index (χ0) is 15.2. The Morgan fingerprint density at radius 3 is 2.38 bits per heavy atom. The lowest BCUT2D eigenvalue weighted by Gasteiger charge is -2.15. The quantitative estimate of drug-likeness (QED) is 0.915. The standard InChI is InChI=1S/C17H18FNO2/c1-12-3-5-14(6-4-12)13(2)19-17(20)11-21-16-9-7-15(18)8-10-16/h3-10,13H,11H2,1-2H3,(H,19,20)/t13-/m1/s1. The van der Waals surface area contributed by atoms with Gasteiger partial charge in [-0.15, -0.1) is 0 Å². The number of amides is 1. The van der Waals surface area contributed by atoms with Crippen molar-refractivity contribution in [3.8, 4) is 5.75 Å². The molecule has 0 bridgehead atoms. The maximum Gasteiger partial charge on any atom is 0.258 e. The molecule has 0 fully saturated rings. The van der Waals surface area contributed by atoms with Crippen molar-refractivity contribution in [2.45, 2.75) is 19.9 Å². The van der Waals surface area contributed by atoms with Gasteiger partial charge in [-0.05, 0) is 43.7 Å². The molecule has 0 saturated carbocycles. The molecule has 0 aliphatic rings. The van der Waals surface area contributed by atoms with Crippen molar-refractivity contribution in [1.82, 2.24) is 5.32 Å². The number of ether oxygens (including phenoxy) is 1. The van der Waals surface area contributed by atoms with E-state index in [9.17, 15) is 9.18 Å². The number of carbonyl (C=O) groups excluding carboxylic acids is 1. The summed E-state index contributed by atoms with van der Waals surface area (Å²) in [5, 5.41) is 2.86. The summed E-state index contributed by atoms with van der Waals surface area (Å²) in [4.78, 5) is 11.8. The number of nitrogens with one attached hydrogen (secondary N) is 1. The fourth-order valence-corrected chi connectivity index (χ4v) is 1.90. The van der Waals surface area contributed by atoms with Crippen LogP contribution in [0.5, 0.6) is 5.75 Å². The Labute approximate surface area is 123 Å². The molecule has 0 aromatic heterocycles. The van der Waals surface area contributed by atoms with E-state index in [2.05, 4.69) is 5.32 Å². The van der Waals surface area contributed by atoms with Crippen molar-refractivity contribution in [3.05, 3.63) is 65.5 Å². The molecule has 110 valence electrons. The van der Waals surface area contributed by atoms with E-state index in [0.29, 0.717) is 5.75 Å². The molecule has 1 N–H and O–H groups in total. The highest BCUT2D eigenvalue weighted by atomic mass is 19.1. The lowest BCUT2D eigenvalue weighted by molar-refractivity contribution is -0.123. The molecule has 1 atom stereocenters. The summed E-state index contributed by atoms with van der Waals surface area (Å²) in [5.41, 5.74) is 2.22. The average molecular weight is 287 g/mol. The molecule has 0 heterocycles. The molecule has 0 aliphatic heterocycles. The van der Waals surface area contributed by atoms with Gasteiger partial charge in [0.2, 0.25) is 0 Å². The predicted octanol–water partition coefficient (Wildman–Crippen LogP) is 3.39. The minimum Gasteiger partial charge on any atom is -0.484 e. The second-order valence-electron chi connectivity index (χ2n) is 4.94. The van der Waals surface area contributed by atoms with Crippen LogP contribution in [-0.4, -0.2) is 12.5 Å². The zero-order valence-corrected chi connectivity index (χ0v) is 12.1. The van der Waals surface area contributed by atoms with Gasteiger partial charge in [0, 0.05) is 0 Å². The van der Waals surface area contributed by atoms with E-state index in [-0.39, 0.29) is 24.4 Å². The van der Waals surface area contributed by atoms with Gasteiger partial charge in [-0.2, -0.15) is 0 Å². The largest absolute Gasteiger partial charge is 0.484 e. The first-order valence-electron chi connectivity index (χ1n) is 6.79. The Bertz CT molecular complexity index is 593. The third-order valence-corrected chi connectivity index (χ3v) is 3.14. The fraction of sp³-hybridized carbons (Fsp3) is 0.235. The van der Waals surface area contributed by atoms with Crippen molar-refractivity contribution < 1.29 is 13.9 Å². The fourth-order valence-electron chi connectivity index (χ4n) is 1.90. The van der Waals surface area contributed by atoms with Gasteiger partial charge in [0.25, 0.3) is 5.91 Å². The minimum atomic E-state index is -0.334. The van der Waals surface area contributed by atoms with Gasteiger partial charge >= 0.3 is 0 Å². The summed E-state index contributed by atoms with van der Waals surface area (Å²) < 4.78 is 18.0. The normalized spacial score (nSPS) is 11.8. The van der Waals surface area contributed by atoms with Gasteiger partial charge in [-0.1, -0.05) is 29.8 Å². The van der Waals surface area contributed by atoms with E-state index >= 15 is 0 Å². The topological polar surface area (TPSA) is 38.3 Å². The predicted molar refractivity (Wildman–Crippen MR) is 79.6 cm³/mol. The lowest BCUT2D eigenvalue weighted by atomic mass is 10.1. The number of benzene rings is 2. The number of aryl methyl sites for hydroxylation is 1. The lowest BCUT2D eigenvalue weighted by Crippen LogP contribution is -2.31. The van der Waals surface area contributed by atoms with E-state index in [1.54, 1.807) is 0 Å². The summed E-state index contributed by atoms with van der Waals surface area (Å²) in [5.74, 6) is -0.0817. The highest BCUT2D eigenvalue weighted by Crippen LogP contribution is 2.13. The maximum atomic E-state index is 12.7. The summed E-state index contributed by atoms with van der Waals surface area (Å²) in [6.07, 6.45) is 0. The Hall–Kier alpha value is -2.36. The third-order valence-electron chi connectivity index (χ3n) is 3.14. The number of hydrogen-bond donors (Lipinski definition) is 1. The van der Waals surface area contributed by atoms with E-state index < -0.39 is 0 Å². The SMILES string of the molecule is Cc1ccc([C@@H](C)NC(=O)COc2ccc(F)cc2)cc1. The number of carbonyl (C=O) groups is 1. The first kappa shape index (κ1) is 15.0. The van der Waals surface area contributed by atoms with Crippen molar-refractivity contribution in [3.63, 3.8) is 0 Å². The van der Waals surface area contributed by atoms with E-state index in [0.717, 1.165) is 5.56 Å². The van der Waals surface area contributed by atoms with Crippen LogP contribution in [0, 0.1) is 12.7 Å². The summed E-state index contributed by atoms with van der Waals surface area (Å²) in [6, 6.07) is 13.5. The van der Waals surface area contributed by atoms with Crippen LogP contribution in [0.2, 0.25) is 0 Å². The highest BCUT2D eigenvalue weighted by molar-refractivity contribution is 5.78. The van der Waals surface area contributed by atoms with Crippen molar-refractivity contribution >= 4 is 5.91 Å². The number of hydrogen-bond acceptors (Lipinski definition) is 2. The van der Waals surface area contributed by atoms with Crippen molar-refractivity contribution in [2.24, 2.45) is 0 Å². The molecule has 2 rings (SSSR count). The van der Waals surface area contributed by atoms with Gasteiger partial charge in [-0.25, -0.2) is 4.39 Å². The van der Waals surface area contributed by atoms with Gasteiger partial charge in [0.15, 0.2) is 6.61 Å². The van der Waals surface area contributed by atoms with Gasteiger partial charge < -0.3 is 10.1 Å². The summed E-state index contributed by atoms with van der Waals surface area (Å²) in [6.45, 7) is 3.84. The third kappa shape index (κ3) is 4.60. The first-order chi connectivity index (χ1) is 10.0. The van der Waals surface area contributed by atoms with Crippen LogP contribution in [-0.2, 0) is 4.79 Å². The molecule has 2 aromatic rings. The van der Waals surface area contributed by atoms with Crippen LogP contribution in [0.3, 0.4) is 0 Å². The Morgan fingerprint density at radius 1 is 1.14 bits per heavy atom. The first-order valence-corrected chi connectivity index (χ1v) is 6.79. The molecule has 4 heteroatoms. The zero-order valence-electron chi connectivity index (χ0n) is 12.1. The molecule has 0 unspecified atom stereocenters. The van der Waals surface area contributed by atoms with Crippen LogP contribution in [0.1, 0.15) is 24.1 Å². The van der Waals surface area contributed by atoms with Crippen molar-refractivity contribution in [1.29, 1.82) is 0 Å². The monoisotopic (exact) mass is 287 g/mol. The van der Waals surface area contributed by atoms with Gasteiger partial charge in [0.1, 0.15) is 11.6 Å². The van der Waals surface area contributed by atoms with Crippen LogP contribution in [0.4, 0.5) is 4.39 Å². The van der Waals surface area contributed by atoms with E-state index in [1.165, 1.54) is 29.8 Å². The minimum absolute atomic E-state index is 0.0880. The second-order valence-corrected chi connectivity index (χ2v) is 4.94. The molecular weight excluding hydrogens is 269 g/mol. The van der Waals surface area contributed by atoms with Crippen molar-refractivity contribution in [2.75, 3.05) is 6.61 Å². The summed E-state index contributed by atoms with van der Waals surface area (Å²) in [7, 11) is 0. The molecule has 3 nitrogen and oxygen atoms in total. The highest BCUT2D eigenvalue weighted by Gasteiger charge is 2.10. The van der Waals surface area contributed by atoms with Crippen LogP contribution < -0.4 is 10.1 Å². The van der Waals surface area contributed by atoms with Crippen LogP contribution in [0.25, 0.3) is 0 Å². The molecule has 2 aromatic carbocycles. The number of halogens is 1. The Morgan fingerprint density at radius 2 is 1.76 bits per heavy atom. The molecular formula is C17H18FNO2. The average Bonchev–Trinajstić information content (AvgIpc) is 2.47. The maximum absolute atomic E-state index is 12.7. The summed E-state index contributed by atoms with van der Waals surface area (Å²) >= 11 is 0. The van der Waals surface area contributed by atoms with E-state index in [1.807, 2.05) is 38.1 Å². The van der Waals surface area contributed by atoms with Gasteiger partial charge in [0.05, 0.1) is 6.04 Å². The smallest absolute Gasteiger partial charge is 0.258 e. The molecule has 1 amide bonds.